The van der Waals surface area contributed by atoms with Crippen LogP contribution in [0, 0.1) is 0 Å². The highest BCUT2D eigenvalue weighted by atomic mass is 35.5. The molecule has 7 heteroatoms. The molecular formula is C12H14ClN5O. The number of hydrogen-bond acceptors (Lipinski definition) is 4. The lowest BCUT2D eigenvalue weighted by molar-refractivity contribution is -0.131. The zero-order valence-electron chi connectivity index (χ0n) is 10.7. The normalized spacial score (nSPS) is 12.2. The van der Waals surface area contributed by atoms with Gasteiger partial charge in [-0.2, -0.15) is 5.21 Å². The first kappa shape index (κ1) is 13.5. The Balaban J connectivity index is 2.09. The number of aromatic amines is 1. The maximum absolute atomic E-state index is 12.1. The summed E-state index contributed by atoms with van der Waals surface area (Å²) in [4.78, 5) is 13.7. The molecule has 1 N–H and O–H groups in total. The van der Waals surface area contributed by atoms with Crippen molar-refractivity contribution in [3.8, 4) is 0 Å². The molecule has 19 heavy (non-hydrogen) atoms. The highest BCUT2D eigenvalue weighted by Gasteiger charge is 2.20. The third-order valence-corrected chi connectivity index (χ3v) is 3.37. The summed E-state index contributed by atoms with van der Waals surface area (Å²) in [5.74, 6) is 0.289. The summed E-state index contributed by atoms with van der Waals surface area (Å²) in [7, 11) is 1.73. The summed E-state index contributed by atoms with van der Waals surface area (Å²) < 4.78 is 0. The molecule has 0 fully saturated rings. The number of amides is 1. The van der Waals surface area contributed by atoms with Crippen molar-refractivity contribution in [1.82, 2.24) is 25.5 Å². The van der Waals surface area contributed by atoms with E-state index in [-0.39, 0.29) is 18.4 Å². The number of carbonyl (C=O) groups excluding carboxylic acids is 1. The average Bonchev–Trinajstić information content (AvgIpc) is 2.90. The van der Waals surface area contributed by atoms with E-state index in [4.69, 9.17) is 11.6 Å². The van der Waals surface area contributed by atoms with E-state index < -0.39 is 0 Å². The maximum Gasteiger partial charge on any atom is 0.230 e. The molecule has 0 aliphatic rings. The molecule has 1 atom stereocenters. The van der Waals surface area contributed by atoms with E-state index in [1.165, 1.54) is 0 Å². The molecule has 0 saturated heterocycles. The van der Waals surface area contributed by atoms with Crippen LogP contribution >= 0.6 is 11.6 Å². The Hall–Kier alpha value is -1.95. The highest BCUT2D eigenvalue weighted by molar-refractivity contribution is 6.31. The van der Waals surface area contributed by atoms with E-state index in [2.05, 4.69) is 20.6 Å². The minimum absolute atomic E-state index is 0.0891. The Morgan fingerprint density at radius 3 is 2.84 bits per heavy atom. The van der Waals surface area contributed by atoms with Crippen LogP contribution in [0.4, 0.5) is 0 Å². The third-order valence-electron chi connectivity index (χ3n) is 3.03. The largest absolute Gasteiger partial charge is 0.339 e. The fraction of sp³-hybridized carbons (Fsp3) is 0.333. The number of benzene rings is 1. The number of nitrogens with one attached hydrogen (secondary N) is 1. The second-order valence-corrected chi connectivity index (χ2v) is 4.61. The first-order chi connectivity index (χ1) is 9.09. The van der Waals surface area contributed by atoms with Gasteiger partial charge in [-0.05, 0) is 18.6 Å². The van der Waals surface area contributed by atoms with Crippen LogP contribution in [-0.4, -0.2) is 38.5 Å². The second kappa shape index (κ2) is 5.79. The molecule has 1 unspecified atom stereocenters. The molecule has 0 aliphatic heterocycles. The van der Waals surface area contributed by atoms with Gasteiger partial charge in [0.25, 0.3) is 0 Å². The standard InChI is InChI=1S/C12H14ClN5O/c1-8(9-5-3-4-6-10(9)13)18(2)12(19)7-11-14-16-17-15-11/h3-6,8H,7H2,1-2H3,(H,14,15,16,17). The van der Waals surface area contributed by atoms with Gasteiger partial charge in [0.05, 0.1) is 12.5 Å². The van der Waals surface area contributed by atoms with Crippen LogP contribution < -0.4 is 0 Å². The van der Waals surface area contributed by atoms with Crippen molar-refractivity contribution in [2.24, 2.45) is 0 Å². The molecule has 6 nitrogen and oxygen atoms in total. The number of hydrogen-bond donors (Lipinski definition) is 1. The number of tetrazole rings is 1. The zero-order chi connectivity index (χ0) is 13.8. The Kier molecular flexibility index (Phi) is 4.11. The lowest BCUT2D eigenvalue weighted by atomic mass is 10.1. The number of aromatic nitrogens is 4. The molecule has 1 amide bonds. The Bertz CT molecular complexity index is 557. The lowest BCUT2D eigenvalue weighted by Gasteiger charge is -2.25. The van der Waals surface area contributed by atoms with Gasteiger partial charge in [0.15, 0.2) is 5.82 Å². The summed E-state index contributed by atoms with van der Waals surface area (Å²) in [6, 6.07) is 7.36. The van der Waals surface area contributed by atoms with Gasteiger partial charge in [-0.1, -0.05) is 35.0 Å². The predicted octanol–water partition coefficient (Wildman–Crippen LogP) is 1.62. The Morgan fingerprint density at radius 2 is 2.21 bits per heavy atom. The SMILES string of the molecule is CC(c1ccccc1Cl)N(C)C(=O)Cc1nn[nH]n1. The fourth-order valence-electron chi connectivity index (χ4n) is 1.76. The van der Waals surface area contributed by atoms with Crippen LogP contribution in [0.1, 0.15) is 24.4 Å². The van der Waals surface area contributed by atoms with E-state index in [9.17, 15) is 4.79 Å². The molecule has 0 saturated carbocycles. The van der Waals surface area contributed by atoms with Gasteiger partial charge < -0.3 is 4.90 Å². The van der Waals surface area contributed by atoms with Gasteiger partial charge in [0.1, 0.15) is 0 Å². The first-order valence-corrected chi connectivity index (χ1v) is 6.19. The zero-order valence-corrected chi connectivity index (χ0v) is 11.4. The summed E-state index contributed by atoms with van der Waals surface area (Å²) in [6.45, 7) is 1.93. The van der Waals surface area contributed by atoms with E-state index in [1.54, 1.807) is 11.9 Å². The van der Waals surface area contributed by atoms with Gasteiger partial charge in [-0.3, -0.25) is 4.79 Å². The average molecular weight is 280 g/mol. The van der Waals surface area contributed by atoms with Crippen molar-refractivity contribution < 1.29 is 4.79 Å². The number of nitrogens with zero attached hydrogens (tertiary/aromatic N) is 4. The number of H-pyrrole nitrogens is 1. The van der Waals surface area contributed by atoms with Gasteiger partial charge in [0, 0.05) is 12.1 Å². The monoisotopic (exact) mass is 279 g/mol. The van der Waals surface area contributed by atoms with Gasteiger partial charge in [-0.15, -0.1) is 10.2 Å². The van der Waals surface area contributed by atoms with Gasteiger partial charge in [-0.25, -0.2) is 0 Å². The minimum atomic E-state index is -0.117. The minimum Gasteiger partial charge on any atom is -0.339 e. The summed E-state index contributed by atoms with van der Waals surface area (Å²) >= 11 is 6.13. The molecule has 1 heterocycles. The fourth-order valence-corrected chi connectivity index (χ4v) is 2.05. The number of rotatable bonds is 4. The van der Waals surface area contributed by atoms with Crippen molar-refractivity contribution >= 4 is 17.5 Å². The Labute approximate surface area is 115 Å². The molecule has 0 spiro atoms. The summed E-state index contributed by atoms with van der Waals surface area (Å²) in [5.41, 5.74) is 0.910. The third kappa shape index (κ3) is 3.08. The molecular weight excluding hydrogens is 266 g/mol. The molecule has 1 aromatic heterocycles. The summed E-state index contributed by atoms with van der Waals surface area (Å²) in [5, 5.41) is 13.9. The second-order valence-electron chi connectivity index (χ2n) is 4.21. The first-order valence-electron chi connectivity index (χ1n) is 5.82. The molecule has 0 bridgehead atoms. The van der Waals surface area contributed by atoms with Gasteiger partial charge in [0.2, 0.25) is 5.91 Å². The van der Waals surface area contributed by atoms with E-state index in [0.29, 0.717) is 10.8 Å². The van der Waals surface area contributed by atoms with E-state index in [0.717, 1.165) is 5.56 Å². The van der Waals surface area contributed by atoms with E-state index in [1.807, 2.05) is 31.2 Å². The van der Waals surface area contributed by atoms with Crippen molar-refractivity contribution in [2.45, 2.75) is 19.4 Å². The highest BCUT2D eigenvalue weighted by Crippen LogP contribution is 2.26. The lowest BCUT2D eigenvalue weighted by Crippen LogP contribution is -2.31. The van der Waals surface area contributed by atoms with Crippen LogP contribution in [0.15, 0.2) is 24.3 Å². The predicted molar refractivity (Wildman–Crippen MR) is 70.5 cm³/mol. The van der Waals surface area contributed by atoms with Gasteiger partial charge >= 0.3 is 0 Å². The summed E-state index contributed by atoms with van der Waals surface area (Å²) in [6.07, 6.45) is 0.113. The molecule has 0 radical (unpaired) electrons. The van der Waals surface area contributed by atoms with Crippen LogP contribution in [-0.2, 0) is 11.2 Å². The van der Waals surface area contributed by atoms with Crippen molar-refractivity contribution in [2.75, 3.05) is 7.05 Å². The molecule has 100 valence electrons. The molecule has 1 aromatic carbocycles. The van der Waals surface area contributed by atoms with Crippen LogP contribution in [0.2, 0.25) is 5.02 Å². The van der Waals surface area contributed by atoms with Crippen LogP contribution in [0.3, 0.4) is 0 Å². The topological polar surface area (TPSA) is 74.8 Å². The van der Waals surface area contributed by atoms with Crippen LogP contribution in [0.5, 0.6) is 0 Å². The van der Waals surface area contributed by atoms with Crippen molar-refractivity contribution in [3.05, 3.63) is 40.7 Å². The number of likely N-dealkylation sites (N-methyl/N-ethyl adjacent to an activating group) is 1. The smallest absolute Gasteiger partial charge is 0.230 e. The number of carbonyl (C=O) groups is 1. The molecule has 2 rings (SSSR count). The maximum atomic E-state index is 12.1. The molecule has 0 aliphatic carbocycles. The quantitative estimate of drug-likeness (QED) is 0.923. The van der Waals surface area contributed by atoms with E-state index >= 15 is 0 Å². The van der Waals surface area contributed by atoms with Crippen LogP contribution in [0.25, 0.3) is 0 Å². The molecule has 2 aromatic rings. The Morgan fingerprint density at radius 1 is 1.47 bits per heavy atom. The van der Waals surface area contributed by atoms with Crippen molar-refractivity contribution in [1.29, 1.82) is 0 Å². The van der Waals surface area contributed by atoms with Crippen molar-refractivity contribution in [3.63, 3.8) is 0 Å². The number of halogens is 1.